The second kappa shape index (κ2) is 8.89. The number of benzene rings is 1. The molecule has 0 unspecified atom stereocenters. The van der Waals surface area contributed by atoms with Gasteiger partial charge in [0.2, 0.25) is 0 Å². The summed E-state index contributed by atoms with van der Waals surface area (Å²) in [4.78, 5) is 25.8. The normalized spacial score (nSPS) is 17.8. The van der Waals surface area contributed by atoms with Crippen LogP contribution in [0.25, 0.3) is 0 Å². The maximum atomic E-state index is 12.0. The molecular formula is C19H28N4O3. The van der Waals surface area contributed by atoms with E-state index in [4.69, 9.17) is 4.74 Å². The molecule has 2 heterocycles. The lowest BCUT2D eigenvalue weighted by Gasteiger charge is -2.30. The van der Waals surface area contributed by atoms with Gasteiger partial charge in [0, 0.05) is 18.3 Å². The molecule has 0 spiro atoms. The number of rotatable bonds is 6. The minimum atomic E-state index is -0.225. The molecule has 1 aromatic carbocycles. The molecule has 2 aliphatic rings. The largest absolute Gasteiger partial charge is 0.482 e. The van der Waals surface area contributed by atoms with Crippen LogP contribution in [0.3, 0.4) is 0 Å². The molecule has 3 N–H and O–H groups in total. The molecule has 3 rings (SSSR count). The lowest BCUT2D eigenvalue weighted by Crippen LogP contribution is -2.34. The monoisotopic (exact) mass is 360 g/mol. The Hall–Kier alpha value is -2.28. The average Bonchev–Trinajstić information content (AvgIpc) is 2.63. The zero-order chi connectivity index (χ0) is 18.4. The first-order chi connectivity index (χ1) is 12.6. The minimum absolute atomic E-state index is 0.00141. The maximum absolute atomic E-state index is 12.0. The number of unbranched alkanes of at least 4 members (excludes halogenated alkanes) is 1. The van der Waals surface area contributed by atoms with Gasteiger partial charge < -0.3 is 25.6 Å². The quantitative estimate of drug-likeness (QED) is 0.681. The summed E-state index contributed by atoms with van der Waals surface area (Å²) in [7, 11) is 0. The zero-order valence-corrected chi connectivity index (χ0v) is 15.3. The number of ether oxygens (including phenoxy) is 1. The number of amides is 3. The highest BCUT2D eigenvalue weighted by Gasteiger charge is 2.17. The summed E-state index contributed by atoms with van der Waals surface area (Å²) >= 11 is 0. The van der Waals surface area contributed by atoms with Gasteiger partial charge in [0.25, 0.3) is 5.91 Å². The number of likely N-dealkylation sites (tertiary alicyclic amines) is 1. The van der Waals surface area contributed by atoms with E-state index in [9.17, 15) is 9.59 Å². The Morgan fingerprint density at radius 1 is 1.31 bits per heavy atom. The Balaban J connectivity index is 1.32. The van der Waals surface area contributed by atoms with Crippen molar-refractivity contribution in [3.8, 4) is 5.75 Å². The molecule has 2 aliphatic heterocycles. The van der Waals surface area contributed by atoms with Crippen molar-refractivity contribution >= 4 is 23.3 Å². The fourth-order valence-electron chi connectivity index (χ4n) is 3.28. The zero-order valence-electron chi connectivity index (χ0n) is 15.3. The van der Waals surface area contributed by atoms with Crippen molar-refractivity contribution in [2.75, 3.05) is 43.4 Å². The average molecular weight is 360 g/mol. The Morgan fingerprint density at radius 3 is 2.92 bits per heavy atom. The van der Waals surface area contributed by atoms with Crippen LogP contribution < -0.4 is 20.7 Å². The number of carbonyl (C=O) groups excluding carboxylic acids is 2. The predicted octanol–water partition coefficient (Wildman–Crippen LogP) is 2.65. The Labute approximate surface area is 154 Å². The van der Waals surface area contributed by atoms with E-state index >= 15 is 0 Å². The van der Waals surface area contributed by atoms with E-state index in [0.29, 0.717) is 23.7 Å². The Morgan fingerprint density at radius 2 is 2.12 bits per heavy atom. The van der Waals surface area contributed by atoms with Gasteiger partial charge in [-0.2, -0.15) is 0 Å². The first-order valence-electron chi connectivity index (χ1n) is 9.44. The Kier molecular flexibility index (Phi) is 6.33. The van der Waals surface area contributed by atoms with Gasteiger partial charge in [0.1, 0.15) is 5.75 Å². The number of hydrogen-bond donors (Lipinski definition) is 3. The van der Waals surface area contributed by atoms with E-state index in [0.717, 1.165) is 25.3 Å². The van der Waals surface area contributed by atoms with Crippen LogP contribution in [0, 0.1) is 5.92 Å². The number of piperidine rings is 1. The van der Waals surface area contributed by atoms with Crippen molar-refractivity contribution < 1.29 is 14.3 Å². The minimum Gasteiger partial charge on any atom is -0.482 e. The standard InChI is InChI=1S/C19H28N4O3/c1-14-6-10-23(11-7-14)9-3-2-8-20-19(25)21-15-4-5-16-17(12-15)26-13-18(24)22-16/h4-5,12,14H,2-3,6-11,13H2,1H3,(H,22,24)(H2,20,21,25). The van der Waals surface area contributed by atoms with Crippen LogP contribution in [0.2, 0.25) is 0 Å². The molecule has 142 valence electrons. The molecule has 0 radical (unpaired) electrons. The molecule has 3 amide bonds. The van der Waals surface area contributed by atoms with Crippen LogP contribution in [0.15, 0.2) is 18.2 Å². The molecule has 1 saturated heterocycles. The molecule has 0 aromatic heterocycles. The van der Waals surface area contributed by atoms with Crippen LogP contribution >= 0.6 is 0 Å². The first kappa shape index (κ1) is 18.5. The highest BCUT2D eigenvalue weighted by Crippen LogP contribution is 2.30. The predicted molar refractivity (Wildman–Crippen MR) is 102 cm³/mol. The molecule has 7 nitrogen and oxygen atoms in total. The number of urea groups is 1. The summed E-state index contributed by atoms with van der Waals surface area (Å²) in [6.45, 7) is 6.51. The van der Waals surface area contributed by atoms with Crippen LogP contribution in [0.1, 0.15) is 32.6 Å². The molecule has 0 aliphatic carbocycles. The molecule has 0 bridgehead atoms. The topological polar surface area (TPSA) is 82.7 Å². The smallest absolute Gasteiger partial charge is 0.319 e. The van der Waals surface area contributed by atoms with Gasteiger partial charge in [0.05, 0.1) is 5.69 Å². The van der Waals surface area contributed by atoms with Gasteiger partial charge in [-0.15, -0.1) is 0 Å². The van der Waals surface area contributed by atoms with Crippen LogP contribution in [-0.4, -0.2) is 49.6 Å². The number of nitrogens with zero attached hydrogens (tertiary/aromatic N) is 1. The van der Waals surface area contributed by atoms with Gasteiger partial charge in [-0.1, -0.05) is 6.92 Å². The lowest BCUT2D eigenvalue weighted by molar-refractivity contribution is -0.118. The summed E-state index contributed by atoms with van der Waals surface area (Å²) in [6, 6.07) is 4.95. The fourth-order valence-corrected chi connectivity index (χ4v) is 3.28. The van der Waals surface area contributed by atoms with Gasteiger partial charge in [-0.3, -0.25) is 4.79 Å². The molecule has 26 heavy (non-hydrogen) atoms. The van der Waals surface area contributed by atoms with E-state index in [1.165, 1.54) is 25.9 Å². The molecule has 7 heteroatoms. The van der Waals surface area contributed by atoms with Crippen LogP contribution in [0.5, 0.6) is 5.75 Å². The number of fused-ring (bicyclic) bond motifs is 1. The number of anilines is 2. The number of hydrogen-bond acceptors (Lipinski definition) is 4. The fraction of sp³-hybridized carbons (Fsp3) is 0.579. The van der Waals surface area contributed by atoms with E-state index < -0.39 is 0 Å². The van der Waals surface area contributed by atoms with E-state index in [-0.39, 0.29) is 18.5 Å². The SMILES string of the molecule is CC1CCN(CCCCNC(=O)Nc2ccc3c(c2)OCC(=O)N3)CC1. The van der Waals surface area contributed by atoms with E-state index in [1.807, 2.05) is 0 Å². The second-order valence-corrected chi connectivity index (χ2v) is 7.16. The van der Waals surface area contributed by atoms with Crippen molar-refractivity contribution in [1.82, 2.24) is 10.2 Å². The summed E-state index contributed by atoms with van der Waals surface area (Å²) in [5.41, 5.74) is 1.26. The van der Waals surface area contributed by atoms with E-state index in [1.54, 1.807) is 18.2 Å². The molecule has 0 atom stereocenters. The molecule has 0 saturated carbocycles. The van der Waals surface area contributed by atoms with Gasteiger partial charge in [0.15, 0.2) is 6.61 Å². The highest BCUT2D eigenvalue weighted by atomic mass is 16.5. The highest BCUT2D eigenvalue weighted by molar-refractivity contribution is 5.96. The summed E-state index contributed by atoms with van der Waals surface area (Å²) in [6.07, 6.45) is 4.67. The number of nitrogens with one attached hydrogen (secondary N) is 3. The van der Waals surface area contributed by atoms with Crippen molar-refractivity contribution in [3.63, 3.8) is 0 Å². The Bertz CT molecular complexity index is 642. The van der Waals surface area contributed by atoms with Crippen molar-refractivity contribution in [1.29, 1.82) is 0 Å². The number of carbonyl (C=O) groups is 2. The van der Waals surface area contributed by atoms with Crippen LogP contribution in [-0.2, 0) is 4.79 Å². The van der Waals surface area contributed by atoms with E-state index in [2.05, 4.69) is 27.8 Å². The van der Waals surface area contributed by atoms with Crippen LogP contribution in [0.4, 0.5) is 16.2 Å². The summed E-state index contributed by atoms with van der Waals surface area (Å²) in [5, 5.41) is 8.40. The molecule has 1 aromatic rings. The third kappa shape index (κ3) is 5.36. The lowest BCUT2D eigenvalue weighted by atomic mass is 9.99. The van der Waals surface area contributed by atoms with Gasteiger partial charge in [-0.05, 0) is 63.4 Å². The first-order valence-corrected chi connectivity index (χ1v) is 9.44. The molecular weight excluding hydrogens is 332 g/mol. The van der Waals surface area contributed by atoms with Crippen molar-refractivity contribution in [2.45, 2.75) is 32.6 Å². The third-order valence-corrected chi connectivity index (χ3v) is 4.94. The summed E-state index contributed by atoms with van der Waals surface area (Å²) in [5.74, 6) is 1.26. The van der Waals surface area contributed by atoms with Crippen molar-refractivity contribution in [3.05, 3.63) is 18.2 Å². The summed E-state index contributed by atoms with van der Waals surface area (Å²) < 4.78 is 5.35. The maximum Gasteiger partial charge on any atom is 0.319 e. The van der Waals surface area contributed by atoms with Gasteiger partial charge in [-0.25, -0.2) is 4.79 Å². The van der Waals surface area contributed by atoms with Gasteiger partial charge >= 0.3 is 6.03 Å². The third-order valence-electron chi connectivity index (χ3n) is 4.94. The van der Waals surface area contributed by atoms with Crippen molar-refractivity contribution in [2.24, 2.45) is 5.92 Å². The second-order valence-electron chi connectivity index (χ2n) is 7.16. The molecule has 1 fully saturated rings.